The molecule has 0 aliphatic carbocycles. The summed E-state index contributed by atoms with van der Waals surface area (Å²) in [6.45, 7) is 3.87. The fourth-order valence-corrected chi connectivity index (χ4v) is 2.32. The smallest absolute Gasteiger partial charge is 0.160 e. The van der Waals surface area contributed by atoms with Crippen LogP contribution in [0.1, 0.15) is 11.3 Å². The monoisotopic (exact) mass is 340 g/mol. The Morgan fingerprint density at radius 1 is 1.00 bits per heavy atom. The molecule has 122 valence electrons. The van der Waals surface area contributed by atoms with Gasteiger partial charge in [-0.05, 0) is 43.7 Å². The molecule has 0 aliphatic heterocycles. The van der Waals surface area contributed by atoms with Crippen molar-refractivity contribution in [1.29, 1.82) is 0 Å². The number of halogens is 1. The molecule has 2 aromatic heterocycles. The van der Waals surface area contributed by atoms with Gasteiger partial charge in [-0.3, -0.25) is 0 Å². The number of nitrogens with two attached hydrogens (primary N) is 1. The quantitative estimate of drug-likeness (QED) is 0.659. The number of nitrogens with zero attached hydrogens (tertiary/aromatic N) is 3. The molecule has 6 nitrogen and oxygen atoms in total. The van der Waals surface area contributed by atoms with Crippen LogP contribution >= 0.6 is 11.6 Å². The van der Waals surface area contributed by atoms with Gasteiger partial charge in [-0.2, -0.15) is 0 Å². The Hall–Kier alpha value is -2.86. The van der Waals surface area contributed by atoms with E-state index in [4.69, 9.17) is 17.3 Å². The molecule has 0 amide bonds. The van der Waals surface area contributed by atoms with Crippen LogP contribution in [0.3, 0.4) is 0 Å². The summed E-state index contributed by atoms with van der Waals surface area (Å²) in [7, 11) is 0. The van der Waals surface area contributed by atoms with Crippen molar-refractivity contribution in [3.8, 4) is 0 Å². The van der Waals surface area contributed by atoms with E-state index in [0.29, 0.717) is 28.2 Å². The zero-order chi connectivity index (χ0) is 17.1. The van der Waals surface area contributed by atoms with Gasteiger partial charge in [0.05, 0.1) is 0 Å². The minimum atomic E-state index is 0.400. The van der Waals surface area contributed by atoms with Crippen molar-refractivity contribution in [3.63, 3.8) is 0 Å². The Balaban J connectivity index is 1.86. The van der Waals surface area contributed by atoms with Gasteiger partial charge in [0.25, 0.3) is 0 Å². The number of aromatic nitrogens is 3. The highest BCUT2D eigenvalue weighted by Crippen LogP contribution is 2.29. The van der Waals surface area contributed by atoms with Gasteiger partial charge < -0.3 is 16.4 Å². The van der Waals surface area contributed by atoms with Gasteiger partial charge in [-0.1, -0.05) is 23.7 Å². The number of nitrogen functional groups attached to an aromatic ring is 1. The molecule has 0 saturated carbocycles. The Kier molecular flexibility index (Phi) is 4.48. The van der Waals surface area contributed by atoms with Crippen molar-refractivity contribution in [2.24, 2.45) is 0 Å². The molecular formula is C17H17ClN6. The van der Waals surface area contributed by atoms with Crippen molar-refractivity contribution in [2.75, 3.05) is 16.4 Å². The Morgan fingerprint density at radius 3 is 2.46 bits per heavy atom. The number of nitrogens with one attached hydrogen (secondary N) is 2. The van der Waals surface area contributed by atoms with Crippen LogP contribution in [0.4, 0.5) is 28.8 Å². The van der Waals surface area contributed by atoms with Gasteiger partial charge in [-0.15, -0.1) is 0 Å². The molecule has 0 bridgehead atoms. The van der Waals surface area contributed by atoms with E-state index in [0.717, 1.165) is 16.9 Å². The van der Waals surface area contributed by atoms with Crippen molar-refractivity contribution in [3.05, 3.63) is 59.0 Å². The average Bonchev–Trinajstić information content (AvgIpc) is 2.55. The molecule has 7 heteroatoms. The third-order valence-electron chi connectivity index (χ3n) is 3.45. The summed E-state index contributed by atoms with van der Waals surface area (Å²) < 4.78 is 0. The highest BCUT2D eigenvalue weighted by Gasteiger charge is 2.10. The first kappa shape index (κ1) is 16.0. The maximum absolute atomic E-state index is 6.17. The first-order valence-corrected chi connectivity index (χ1v) is 7.75. The van der Waals surface area contributed by atoms with Crippen LogP contribution < -0.4 is 16.4 Å². The Bertz CT molecular complexity index is 881. The maximum atomic E-state index is 6.17. The summed E-state index contributed by atoms with van der Waals surface area (Å²) in [5, 5.41) is 6.94. The van der Waals surface area contributed by atoms with Gasteiger partial charge in [0.15, 0.2) is 11.6 Å². The van der Waals surface area contributed by atoms with E-state index in [1.54, 1.807) is 0 Å². The normalized spacial score (nSPS) is 10.5. The molecule has 4 N–H and O–H groups in total. The van der Waals surface area contributed by atoms with E-state index in [1.165, 1.54) is 6.33 Å². The van der Waals surface area contributed by atoms with Crippen molar-refractivity contribution < 1.29 is 0 Å². The zero-order valence-corrected chi connectivity index (χ0v) is 14.1. The van der Waals surface area contributed by atoms with Crippen molar-refractivity contribution >= 4 is 40.4 Å². The van der Waals surface area contributed by atoms with Gasteiger partial charge in [0.1, 0.15) is 17.8 Å². The van der Waals surface area contributed by atoms with Gasteiger partial charge in [0.2, 0.25) is 0 Å². The minimum Gasteiger partial charge on any atom is -0.393 e. The number of benzene rings is 1. The fraction of sp³-hybridized carbons (Fsp3) is 0.118. The van der Waals surface area contributed by atoms with Crippen LogP contribution in [-0.4, -0.2) is 15.0 Å². The van der Waals surface area contributed by atoms with Crippen LogP contribution in [0, 0.1) is 13.8 Å². The zero-order valence-electron chi connectivity index (χ0n) is 13.3. The number of pyridine rings is 1. The summed E-state index contributed by atoms with van der Waals surface area (Å²) in [5.41, 5.74) is 9.28. The number of rotatable bonds is 4. The number of hydrogen-bond acceptors (Lipinski definition) is 6. The number of aryl methyl sites for hydroxylation is 2. The van der Waals surface area contributed by atoms with E-state index < -0.39 is 0 Å². The first-order chi connectivity index (χ1) is 11.5. The predicted octanol–water partition coefficient (Wildman–Crippen LogP) is 4.21. The molecule has 24 heavy (non-hydrogen) atoms. The van der Waals surface area contributed by atoms with E-state index in [2.05, 4.69) is 25.6 Å². The highest BCUT2D eigenvalue weighted by atomic mass is 35.5. The second kappa shape index (κ2) is 6.72. The number of anilines is 5. The Labute approximate surface area is 145 Å². The molecule has 3 aromatic rings. The fourth-order valence-electron chi connectivity index (χ4n) is 2.14. The summed E-state index contributed by atoms with van der Waals surface area (Å²) >= 11 is 6.15. The molecule has 0 aliphatic rings. The largest absolute Gasteiger partial charge is 0.393 e. The average molecular weight is 341 g/mol. The third-order valence-corrected chi connectivity index (χ3v) is 3.86. The van der Waals surface area contributed by atoms with Crippen molar-refractivity contribution in [2.45, 2.75) is 13.8 Å². The van der Waals surface area contributed by atoms with E-state index in [-0.39, 0.29) is 0 Å². The number of hydrogen-bond donors (Lipinski definition) is 3. The second-order valence-electron chi connectivity index (χ2n) is 5.36. The minimum absolute atomic E-state index is 0.400. The summed E-state index contributed by atoms with van der Waals surface area (Å²) in [4.78, 5) is 12.8. The van der Waals surface area contributed by atoms with Crippen LogP contribution in [0.2, 0.25) is 5.02 Å². The van der Waals surface area contributed by atoms with Gasteiger partial charge in [-0.25, -0.2) is 15.0 Å². The molecule has 0 fully saturated rings. The lowest BCUT2D eigenvalue weighted by Gasteiger charge is -2.13. The topological polar surface area (TPSA) is 88.8 Å². The van der Waals surface area contributed by atoms with E-state index >= 15 is 0 Å². The first-order valence-electron chi connectivity index (χ1n) is 7.37. The van der Waals surface area contributed by atoms with Crippen LogP contribution in [0.25, 0.3) is 0 Å². The van der Waals surface area contributed by atoms with Crippen LogP contribution in [0.5, 0.6) is 0 Å². The van der Waals surface area contributed by atoms with Crippen molar-refractivity contribution in [1.82, 2.24) is 15.0 Å². The predicted molar refractivity (Wildman–Crippen MR) is 98.2 cm³/mol. The lowest BCUT2D eigenvalue weighted by atomic mass is 10.2. The Morgan fingerprint density at radius 2 is 1.75 bits per heavy atom. The summed E-state index contributed by atoms with van der Waals surface area (Å²) in [5.74, 6) is 1.66. The molecule has 3 rings (SSSR count). The molecule has 1 aromatic carbocycles. The second-order valence-corrected chi connectivity index (χ2v) is 5.77. The third kappa shape index (κ3) is 3.55. The lowest BCUT2D eigenvalue weighted by molar-refractivity contribution is 1.15. The SMILES string of the molecule is Cc1cccc(Nc2ncnc(Nc3ccc(C)c(Cl)c3)c2N)n1. The van der Waals surface area contributed by atoms with Crippen LogP contribution in [-0.2, 0) is 0 Å². The summed E-state index contributed by atoms with van der Waals surface area (Å²) in [6, 6.07) is 11.4. The molecule has 0 radical (unpaired) electrons. The molecule has 2 heterocycles. The van der Waals surface area contributed by atoms with Gasteiger partial charge >= 0.3 is 0 Å². The highest BCUT2D eigenvalue weighted by molar-refractivity contribution is 6.31. The van der Waals surface area contributed by atoms with Crippen LogP contribution in [0.15, 0.2) is 42.7 Å². The standard InChI is InChI=1S/C17H17ClN6/c1-10-6-7-12(8-13(10)18)23-16-15(19)17(21-9-20-16)24-14-5-3-4-11(2)22-14/h3-9H,19H2,1-2H3,(H2,20,21,22,23,24). The van der Waals surface area contributed by atoms with E-state index in [9.17, 15) is 0 Å². The molecule has 0 spiro atoms. The molecule has 0 atom stereocenters. The molecule has 0 saturated heterocycles. The summed E-state index contributed by atoms with van der Waals surface area (Å²) in [6.07, 6.45) is 1.44. The van der Waals surface area contributed by atoms with Gasteiger partial charge in [0, 0.05) is 16.4 Å². The lowest BCUT2D eigenvalue weighted by Crippen LogP contribution is -2.06. The molecule has 0 unspecified atom stereocenters. The van der Waals surface area contributed by atoms with E-state index in [1.807, 2.05) is 50.2 Å². The molecular weight excluding hydrogens is 324 g/mol. The maximum Gasteiger partial charge on any atom is 0.160 e.